The molecule has 0 bridgehead atoms. The largest absolute Gasteiger partial charge is 0.484 e. The Morgan fingerprint density at radius 1 is 0.974 bits per heavy atom. The van der Waals surface area contributed by atoms with E-state index in [1.54, 1.807) is 24.3 Å². The van der Waals surface area contributed by atoms with E-state index < -0.39 is 11.8 Å². The molecule has 3 amide bonds. The maximum absolute atomic E-state index is 12.4. The number of anilines is 1. The van der Waals surface area contributed by atoms with Crippen LogP contribution in [0.5, 0.6) is 5.75 Å². The SMILES string of the molecule is Cc1cc(Br)cc(C)c1NC(=O)COc1cccc(/C=N\NC(=O)C(=O)NCc2ccc(C(C)C)cc2)c1. The van der Waals surface area contributed by atoms with Crippen molar-refractivity contribution in [2.24, 2.45) is 5.10 Å². The van der Waals surface area contributed by atoms with Gasteiger partial charge in [0.1, 0.15) is 5.75 Å². The first kappa shape index (κ1) is 28.6. The van der Waals surface area contributed by atoms with E-state index in [4.69, 9.17) is 4.74 Å². The van der Waals surface area contributed by atoms with Crippen LogP contribution in [0.4, 0.5) is 5.69 Å². The molecule has 0 aliphatic rings. The van der Waals surface area contributed by atoms with E-state index >= 15 is 0 Å². The van der Waals surface area contributed by atoms with Gasteiger partial charge in [-0.25, -0.2) is 5.43 Å². The van der Waals surface area contributed by atoms with Gasteiger partial charge in [-0.15, -0.1) is 0 Å². The third-order valence-corrected chi connectivity index (χ3v) is 6.13. The van der Waals surface area contributed by atoms with Crippen LogP contribution in [0.2, 0.25) is 0 Å². The summed E-state index contributed by atoms with van der Waals surface area (Å²) < 4.78 is 6.56. The highest BCUT2D eigenvalue weighted by atomic mass is 79.9. The molecular weight excluding hydrogens is 548 g/mol. The summed E-state index contributed by atoms with van der Waals surface area (Å²) in [4.78, 5) is 36.5. The number of halogens is 1. The van der Waals surface area contributed by atoms with Crippen LogP contribution in [-0.2, 0) is 20.9 Å². The monoisotopic (exact) mass is 578 g/mol. The van der Waals surface area contributed by atoms with Gasteiger partial charge < -0.3 is 15.4 Å². The predicted octanol–water partition coefficient (Wildman–Crippen LogP) is 4.97. The number of benzene rings is 3. The number of nitrogens with zero attached hydrogens (tertiary/aromatic N) is 1. The molecule has 0 fully saturated rings. The van der Waals surface area contributed by atoms with Crippen LogP contribution in [0.15, 0.2) is 70.2 Å². The summed E-state index contributed by atoms with van der Waals surface area (Å²) in [5.74, 6) is -1.06. The van der Waals surface area contributed by atoms with Gasteiger partial charge in [-0.1, -0.05) is 66.2 Å². The first-order valence-electron chi connectivity index (χ1n) is 12.1. The number of ether oxygens (including phenoxy) is 1. The lowest BCUT2D eigenvalue weighted by molar-refractivity contribution is -0.139. The summed E-state index contributed by atoms with van der Waals surface area (Å²) in [5, 5.41) is 9.30. The Kier molecular flexibility index (Phi) is 10.2. The second-order valence-electron chi connectivity index (χ2n) is 9.10. The summed E-state index contributed by atoms with van der Waals surface area (Å²) in [6.07, 6.45) is 1.39. The van der Waals surface area contributed by atoms with Gasteiger partial charge >= 0.3 is 11.8 Å². The van der Waals surface area contributed by atoms with Crippen molar-refractivity contribution in [1.82, 2.24) is 10.7 Å². The van der Waals surface area contributed by atoms with Gasteiger partial charge in [-0.05, 0) is 71.8 Å². The molecule has 0 atom stereocenters. The van der Waals surface area contributed by atoms with Crippen LogP contribution in [0.1, 0.15) is 47.6 Å². The molecule has 9 heteroatoms. The fourth-order valence-electron chi connectivity index (χ4n) is 3.62. The molecular formula is C29H31BrN4O4. The summed E-state index contributed by atoms with van der Waals surface area (Å²) in [6.45, 7) is 8.12. The van der Waals surface area contributed by atoms with Crippen LogP contribution in [0.3, 0.4) is 0 Å². The van der Waals surface area contributed by atoms with E-state index in [0.29, 0.717) is 17.2 Å². The normalized spacial score (nSPS) is 10.9. The Morgan fingerprint density at radius 3 is 2.32 bits per heavy atom. The summed E-state index contributed by atoms with van der Waals surface area (Å²) >= 11 is 3.44. The van der Waals surface area contributed by atoms with Crippen molar-refractivity contribution in [2.75, 3.05) is 11.9 Å². The predicted molar refractivity (Wildman–Crippen MR) is 152 cm³/mol. The second-order valence-corrected chi connectivity index (χ2v) is 10.0. The fourth-order valence-corrected chi connectivity index (χ4v) is 4.30. The van der Waals surface area contributed by atoms with E-state index in [2.05, 4.69) is 50.9 Å². The van der Waals surface area contributed by atoms with Crippen LogP contribution in [0.25, 0.3) is 0 Å². The minimum Gasteiger partial charge on any atom is -0.484 e. The number of hydrogen-bond donors (Lipinski definition) is 3. The number of hydrogen-bond acceptors (Lipinski definition) is 5. The van der Waals surface area contributed by atoms with Crippen molar-refractivity contribution < 1.29 is 19.1 Å². The molecule has 0 radical (unpaired) electrons. The zero-order valence-electron chi connectivity index (χ0n) is 21.8. The Labute approximate surface area is 231 Å². The molecule has 0 saturated heterocycles. The Balaban J connectivity index is 1.46. The highest BCUT2D eigenvalue weighted by molar-refractivity contribution is 9.10. The Morgan fingerprint density at radius 2 is 1.66 bits per heavy atom. The third-order valence-electron chi connectivity index (χ3n) is 5.68. The lowest BCUT2D eigenvalue weighted by Crippen LogP contribution is -2.37. The minimum absolute atomic E-state index is 0.174. The molecule has 0 spiro atoms. The van der Waals surface area contributed by atoms with Gasteiger partial charge in [-0.3, -0.25) is 14.4 Å². The van der Waals surface area contributed by atoms with Gasteiger partial charge in [0.15, 0.2) is 6.61 Å². The highest BCUT2D eigenvalue weighted by Crippen LogP contribution is 2.25. The zero-order chi connectivity index (χ0) is 27.7. The summed E-state index contributed by atoms with van der Waals surface area (Å²) in [5.41, 5.74) is 7.58. The van der Waals surface area contributed by atoms with Crippen LogP contribution in [0, 0.1) is 13.8 Å². The Bertz CT molecular complexity index is 1310. The van der Waals surface area contributed by atoms with Crippen molar-refractivity contribution in [3.63, 3.8) is 0 Å². The molecule has 0 aliphatic heterocycles. The first-order chi connectivity index (χ1) is 18.1. The topological polar surface area (TPSA) is 109 Å². The second kappa shape index (κ2) is 13.5. The van der Waals surface area contributed by atoms with Crippen LogP contribution >= 0.6 is 15.9 Å². The van der Waals surface area contributed by atoms with Gasteiger partial charge in [-0.2, -0.15) is 5.10 Å². The molecule has 3 aromatic carbocycles. The molecule has 0 heterocycles. The van der Waals surface area contributed by atoms with Crippen molar-refractivity contribution in [3.8, 4) is 5.75 Å². The van der Waals surface area contributed by atoms with Gasteiger partial charge in [0, 0.05) is 16.7 Å². The number of amides is 3. The Hall–Kier alpha value is -3.98. The van der Waals surface area contributed by atoms with Crippen molar-refractivity contribution in [1.29, 1.82) is 0 Å². The minimum atomic E-state index is -0.873. The molecule has 3 rings (SSSR count). The maximum Gasteiger partial charge on any atom is 0.329 e. The third kappa shape index (κ3) is 8.55. The quantitative estimate of drug-likeness (QED) is 0.189. The lowest BCUT2D eigenvalue weighted by atomic mass is 10.0. The van der Waals surface area contributed by atoms with Crippen molar-refractivity contribution in [2.45, 2.75) is 40.2 Å². The fraction of sp³-hybridized carbons (Fsp3) is 0.241. The zero-order valence-corrected chi connectivity index (χ0v) is 23.4. The van der Waals surface area contributed by atoms with E-state index in [9.17, 15) is 14.4 Å². The molecule has 0 aromatic heterocycles. The molecule has 3 N–H and O–H groups in total. The smallest absolute Gasteiger partial charge is 0.329 e. The number of aryl methyl sites for hydroxylation is 2. The number of carbonyl (C=O) groups excluding carboxylic acids is 3. The van der Waals surface area contributed by atoms with Crippen molar-refractivity contribution >= 4 is 45.6 Å². The maximum atomic E-state index is 12.4. The van der Waals surface area contributed by atoms with Crippen LogP contribution < -0.4 is 20.8 Å². The van der Waals surface area contributed by atoms with E-state index in [1.165, 1.54) is 11.8 Å². The number of rotatable bonds is 9. The molecule has 198 valence electrons. The lowest BCUT2D eigenvalue weighted by Gasteiger charge is -2.13. The molecule has 3 aromatic rings. The van der Waals surface area contributed by atoms with Gasteiger partial charge in [0.05, 0.1) is 6.21 Å². The van der Waals surface area contributed by atoms with Gasteiger partial charge in [0.2, 0.25) is 0 Å². The average molecular weight is 579 g/mol. The highest BCUT2D eigenvalue weighted by Gasteiger charge is 2.12. The average Bonchev–Trinajstić information content (AvgIpc) is 2.88. The van der Waals surface area contributed by atoms with E-state index in [-0.39, 0.29) is 19.1 Å². The molecule has 0 saturated carbocycles. The number of hydrazone groups is 1. The molecule has 8 nitrogen and oxygen atoms in total. The van der Waals surface area contributed by atoms with Gasteiger partial charge in [0.25, 0.3) is 5.91 Å². The summed E-state index contributed by atoms with van der Waals surface area (Å²) in [6, 6.07) is 18.6. The van der Waals surface area contributed by atoms with E-state index in [0.717, 1.165) is 26.9 Å². The number of nitrogens with one attached hydrogen (secondary N) is 3. The standard InChI is InChI=1S/C29H31BrN4O4/c1-18(2)23-10-8-21(9-11-23)15-31-28(36)29(37)34-32-16-22-6-5-7-25(14-22)38-17-26(35)33-27-19(3)12-24(30)13-20(27)4/h5-14,16,18H,15,17H2,1-4H3,(H,31,36)(H,33,35)(H,34,37)/b32-16-. The molecule has 0 unspecified atom stereocenters. The molecule has 0 aliphatic carbocycles. The van der Waals surface area contributed by atoms with Crippen molar-refractivity contribution in [3.05, 3.63) is 93.0 Å². The van der Waals surface area contributed by atoms with Crippen LogP contribution in [-0.4, -0.2) is 30.5 Å². The first-order valence-corrected chi connectivity index (χ1v) is 12.9. The number of carbonyl (C=O) groups is 3. The summed E-state index contributed by atoms with van der Waals surface area (Å²) in [7, 11) is 0. The molecule has 38 heavy (non-hydrogen) atoms. The van der Waals surface area contributed by atoms with E-state index in [1.807, 2.05) is 50.2 Å².